The average Bonchev–Trinajstić information content (AvgIpc) is 2.80. The fraction of sp³-hybridized carbons (Fsp3) is 0.600. The van der Waals surface area contributed by atoms with Crippen LogP contribution in [-0.4, -0.2) is 47.7 Å². The van der Waals surface area contributed by atoms with E-state index < -0.39 is 12.0 Å². The minimum Gasteiger partial charge on any atom is -0.481 e. The number of hydrogen-bond donors (Lipinski definition) is 1. The number of aliphatic carboxylic acids is 1. The summed E-state index contributed by atoms with van der Waals surface area (Å²) in [7, 11) is 0. The van der Waals surface area contributed by atoms with E-state index in [1.807, 2.05) is 13.8 Å². The largest absolute Gasteiger partial charge is 0.481 e. The van der Waals surface area contributed by atoms with Crippen LogP contribution >= 0.6 is 0 Å². The minimum absolute atomic E-state index is 0.111. The Morgan fingerprint density at radius 2 is 2.19 bits per heavy atom. The fourth-order valence-electron chi connectivity index (χ4n) is 2.45. The minimum atomic E-state index is -0.935. The van der Waals surface area contributed by atoms with Crippen LogP contribution in [0.5, 0.6) is 0 Å². The number of morpholine rings is 1. The Labute approximate surface area is 123 Å². The van der Waals surface area contributed by atoms with Crippen LogP contribution < -0.4 is 0 Å². The Morgan fingerprint density at radius 1 is 1.48 bits per heavy atom. The van der Waals surface area contributed by atoms with Crippen molar-refractivity contribution >= 4 is 11.9 Å². The predicted octanol–water partition coefficient (Wildman–Crippen LogP) is 2.03. The predicted molar refractivity (Wildman–Crippen MR) is 75.4 cm³/mol. The molecule has 1 saturated heterocycles. The molecule has 0 aliphatic carbocycles. The molecule has 0 aromatic carbocycles. The molecule has 2 rings (SSSR count). The van der Waals surface area contributed by atoms with Crippen molar-refractivity contribution in [1.29, 1.82) is 0 Å². The SMILES string of the molecule is Cc1oc(C(C)C)cc1C(=O)N1CCOCC1CC(=O)O. The summed E-state index contributed by atoms with van der Waals surface area (Å²) >= 11 is 0. The van der Waals surface area contributed by atoms with Crippen LogP contribution in [0.3, 0.4) is 0 Å². The third kappa shape index (κ3) is 3.44. The van der Waals surface area contributed by atoms with E-state index in [0.717, 1.165) is 5.76 Å². The number of furan rings is 1. The highest BCUT2D eigenvalue weighted by Crippen LogP contribution is 2.24. The van der Waals surface area contributed by atoms with E-state index in [1.54, 1.807) is 17.9 Å². The molecule has 0 spiro atoms. The fourth-order valence-corrected chi connectivity index (χ4v) is 2.45. The molecule has 0 saturated carbocycles. The number of rotatable bonds is 4. The third-order valence-corrected chi connectivity index (χ3v) is 3.63. The average molecular weight is 295 g/mol. The summed E-state index contributed by atoms with van der Waals surface area (Å²) in [6, 6.07) is 1.33. The van der Waals surface area contributed by atoms with Gasteiger partial charge in [0.2, 0.25) is 0 Å². The summed E-state index contributed by atoms with van der Waals surface area (Å²) in [6.45, 7) is 6.83. The zero-order valence-electron chi connectivity index (χ0n) is 12.6. The van der Waals surface area contributed by atoms with Crippen LogP contribution in [0, 0.1) is 6.92 Å². The molecule has 0 bridgehead atoms. The van der Waals surface area contributed by atoms with Crippen molar-refractivity contribution in [1.82, 2.24) is 4.90 Å². The molecule has 0 radical (unpaired) electrons. The summed E-state index contributed by atoms with van der Waals surface area (Å²) in [5.74, 6) is 0.417. The highest BCUT2D eigenvalue weighted by atomic mass is 16.5. The maximum atomic E-state index is 12.7. The van der Waals surface area contributed by atoms with Gasteiger partial charge in [0, 0.05) is 12.5 Å². The van der Waals surface area contributed by atoms with E-state index in [0.29, 0.717) is 24.5 Å². The normalized spacial score (nSPS) is 19.0. The second-order valence-corrected chi connectivity index (χ2v) is 5.60. The van der Waals surface area contributed by atoms with Crippen LogP contribution in [0.2, 0.25) is 0 Å². The van der Waals surface area contributed by atoms with E-state index in [4.69, 9.17) is 14.3 Å². The lowest BCUT2D eigenvalue weighted by atomic mass is 10.1. The number of ether oxygens (including phenoxy) is 1. The summed E-state index contributed by atoms with van der Waals surface area (Å²) < 4.78 is 10.9. The maximum absolute atomic E-state index is 12.7. The number of carboxylic acids is 1. The number of carbonyl (C=O) groups excluding carboxylic acids is 1. The van der Waals surface area contributed by atoms with Gasteiger partial charge in [0.1, 0.15) is 11.5 Å². The van der Waals surface area contributed by atoms with Gasteiger partial charge in [-0.3, -0.25) is 9.59 Å². The summed E-state index contributed by atoms with van der Waals surface area (Å²) in [6.07, 6.45) is -0.111. The van der Waals surface area contributed by atoms with E-state index in [-0.39, 0.29) is 24.9 Å². The molecule has 1 fully saturated rings. The van der Waals surface area contributed by atoms with Crippen molar-refractivity contribution in [2.75, 3.05) is 19.8 Å². The topological polar surface area (TPSA) is 80.0 Å². The second-order valence-electron chi connectivity index (χ2n) is 5.60. The molecule has 1 aliphatic heterocycles. The molecule has 2 heterocycles. The zero-order chi connectivity index (χ0) is 15.6. The Bertz CT molecular complexity index is 534. The lowest BCUT2D eigenvalue weighted by Gasteiger charge is -2.34. The Hall–Kier alpha value is -1.82. The molecular weight excluding hydrogens is 274 g/mol. The second kappa shape index (κ2) is 6.30. The zero-order valence-corrected chi connectivity index (χ0v) is 12.6. The van der Waals surface area contributed by atoms with E-state index in [2.05, 4.69) is 0 Å². The molecule has 1 aliphatic rings. The molecule has 21 heavy (non-hydrogen) atoms. The first-order valence-electron chi connectivity index (χ1n) is 7.11. The molecule has 1 amide bonds. The van der Waals surface area contributed by atoms with Crippen LogP contribution in [-0.2, 0) is 9.53 Å². The van der Waals surface area contributed by atoms with Crippen molar-refractivity contribution in [2.45, 2.75) is 39.2 Å². The van der Waals surface area contributed by atoms with Gasteiger partial charge < -0.3 is 19.2 Å². The van der Waals surface area contributed by atoms with Gasteiger partial charge in [-0.15, -0.1) is 0 Å². The molecule has 1 aromatic heterocycles. The first-order chi connectivity index (χ1) is 9.90. The van der Waals surface area contributed by atoms with Gasteiger partial charge in [-0.1, -0.05) is 13.8 Å². The number of hydrogen-bond acceptors (Lipinski definition) is 4. The van der Waals surface area contributed by atoms with Crippen molar-refractivity contribution in [3.8, 4) is 0 Å². The first kappa shape index (κ1) is 15.6. The lowest BCUT2D eigenvalue weighted by Crippen LogP contribution is -2.49. The quantitative estimate of drug-likeness (QED) is 0.919. The van der Waals surface area contributed by atoms with Gasteiger partial charge in [-0.25, -0.2) is 0 Å². The summed E-state index contributed by atoms with van der Waals surface area (Å²) in [5.41, 5.74) is 0.510. The van der Waals surface area contributed by atoms with Gasteiger partial charge in [0.05, 0.1) is 31.2 Å². The molecule has 1 N–H and O–H groups in total. The number of carboxylic acid groups (broad SMARTS) is 1. The van der Waals surface area contributed by atoms with Crippen LogP contribution in [0.1, 0.15) is 48.1 Å². The van der Waals surface area contributed by atoms with Crippen molar-refractivity contribution in [3.05, 3.63) is 23.2 Å². The first-order valence-corrected chi connectivity index (χ1v) is 7.11. The Kier molecular flexibility index (Phi) is 4.67. The van der Waals surface area contributed by atoms with Gasteiger partial charge in [-0.2, -0.15) is 0 Å². The van der Waals surface area contributed by atoms with Crippen LogP contribution in [0.15, 0.2) is 10.5 Å². The number of carbonyl (C=O) groups is 2. The molecular formula is C15H21NO5. The van der Waals surface area contributed by atoms with Gasteiger partial charge in [0.15, 0.2) is 0 Å². The van der Waals surface area contributed by atoms with Gasteiger partial charge in [-0.05, 0) is 13.0 Å². The highest BCUT2D eigenvalue weighted by Gasteiger charge is 2.31. The Morgan fingerprint density at radius 3 is 2.76 bits per heavy atom. The summed E-state index contributed by atoms with van der Waals surface area (Å²) in [5, 5.41) is 8.96. The smallest absolute Gasteiger partial charge is 0.305 e. The number of aryl methyl sites for hydroxylation is 1. The maximum Gasteiger partial charge on any atom is 0.305 e. The standard InChI is InChI=1S/C15H21NO5/c1-9(2)13-7-12(10(3)21-13)15(19)16-4-5-20-8-11(16)6-14(17)18/h7,9,11H,4-6,8H2,1-3H3,(H,17,18). The van der Waals surface area contributed by atoms with E-state index in [9.17, 15) is 9.59 Å². The van der Waals surface area contributed by atoms with Crippen molar-refractivity contribution in [3.63, 3.8) is 0 Å². The molecule has 1 aromatic rings. The van der Waals surface area contributed by atoms with Crippen LogP contribution in [0.25, 0.3) is 0 Å². The van der Waals surface area contributed by atoms with Crippen molar-refractivity contribution < 1.29 is 23.8 Å². The molecule has 6 heteroatoms. The molecule has 6 nitrogen and oxygen atoms in total. The van der Waals surface area contributed by atoms with E-state index >= 15 is 0 Å². The molecule has 116 valence electrons. The van der Waals surface area contributed by atoms with E-state index in [1.165, 1.54) is 0 Å². The molecule has 1 atom stereocenters. The lowest BCUT2D eigenvalue weighted by molar-refractivity contribution is -0.139. The number of nitrogens with zero attached hydrogens (tertiary/aromatic N) is 1. The van der Waals surface area contributed by atoms with Crippen molar-refractivity contribution in [2.24, 2.45) is 0 Å². The highest BCUT2D eigenvalue weighted by molar-refractivity contribution is 5.95. The Balaban J connectivity index is 2.22. The van der Waals surface area contributed by atoms with Gasteiger partial charge >= 0.3 is 5.97 Å². The molecule has 1 unspecified atom stereocenters. The monoisotopic (exact) mass is 295 g/mol. The van der Waals surface area contributed by atoms with Gasteiger partial charge in [0.25, 0.3) is 5.91 Å². The third-order valence-electron chi connectivity index (χ3n) is 3.63. The van der Waals surface area contributed by atoms with Crippen LogP contribution in [0.4, 0.5) is 0 Å². The number of amides is 1. The summed E-state index contributed by atoms with van der Waals surface area (Å²) in [4.78, 5) is 25.2.